The predicted molar refractivity (Wildman–Crippen MR) is 55.1 cm³/mol. The Hall–Kier alpha value is -0.870. The summed E-state index contributed by atoms with van der Waals surface area (Å²) in [5.41, 5.74) is -0.730. The summed E-state index contributed by atoms with van der Waals surface area (Å²) < 4.78 is 68.6. The first-order valence-corrected chi connectivity index (χ1v) is 5.10. The van der Waals surface area contributed by atoms with Crippen molar-refractivity contribution in [1.29, 1.82) is 0 Å². The highest BCUT2D eigenvalue weighted by atomic mass is 127. The van der Waals surface area contributed by atoms with Crippen LogP contribution in [0.15, 0.2) is 6.07 Å². The third-order valence-electron chi connectivity index (χ3n) is 1.59. The Bertz CT molecular complexity index is 410. The van der Waals surface area contributed by atoms with Gasteiger partial charge >= 0.3 is 6.36 Å². The molecule has 9 heteroatoms. The van der Waals surface area contributed by atoms with Gasteiger partial charge < -0.3 is 9.47 Å². The highest BCUT2D eigenvalue weighted by molar-refractivity contribution is 14.1. The summed E-state index contributed by atoms with van der Waals surface area (Å²) in [4.78, 5) is 3.31. The monoisotopic (exact) mass is 369 g/mol. The van der Waals surface area contributed by atoms with E-state index in [0.29, 0.717) is 0 Å². The van der Waals surface area contributed by atoms with Gasteiger partial charge in [0.05, 0.1) is 7.11 Å². The molecule has 0 aromatic carbocycles. The van der Waals surface area contributed by atoms with Crippen molar-refractivity contribution in [3.05, 3.63) is 15.5 Å². The average Bonchev–Trinajstić information content (AvgIpc) is 2.18. The van der Waals surface area contributed by atoms with Gasteiger partial charge in [0.25, 0.3) is 6.43 Å². The smallest absolute Gasteiger partial charge is 0.494 e. The number of rotatable bonds is 3. The Balaban J connectivity index is 3.18. The van der Waals surface area contributed by atoms with Gasteiger partial charge in [0.15, 0.2) is 5.75 Å². The Morgan fingerprint density at radius 3 is 2.29 bits per heavy atom. The summed E-state index contributed by atoms with van der Waals surface area (Å²) in [6.45, 7) is 0. The molecule has 0 fully saturated rings. The molecule has 0 unspecified atom stereocenters. The lowest BCUT2D eigenvalue weighted by Crippen LogP contribution is -2.18. The molecule has 1 heterocycles. The van der Waals surface area contributed by atoms with Gasteiger partial charge in [-0.15, -0.1) is 13.2 Å². The van der Waals surface area contributed by atoms with Crippen molar-refractivity contribution in [3.63, 3.8) is 0 Å². The van der Waals surface area contributed by atoms with Gasteiger partial charge in [0.2, 0.25) is 0 Å². The Morgan fingerprint density at radius 1 is 1.29 bits per heavy atom. The molecule has 0 aliphatic heterocycles. The van der Waals surface area contributed by atoms with E-state index in [9.17, 15) is 22.0 Å². The van der Waals surface area contributed by atoms with Crippen LogP contribution in [0, 0.1) is 3.70 Å². The molecule has 0 radical (unpaired) electrons. The fourth-order valence-corrected chi connectivity index (χ4v) is 1.51. The molecule has 1 aromatic heterocycles. The number of hydrogen-bond donors (Lipinski definition) is 0. The third kappa shape index (κ3) is 3.82. The SMILES string of the molecule is COc1cc(OC(F)(F)F)c(I)nc1C(F)F. The summed E-state index contributed by atoms with van der Waals surface area (Å²) in [6.07, 6.45) is -7.86. The van der Waals surface area contributed by atoms with E-state index < -0.39 is 30.0 Å². The predicted octanol–water partition coefficient (Wildman–Crippen LogP) is 3.53. The van der Waals surface area contributed by atoms with Gasteiger partial charge in [-0.05, 0) is 22.6 Å². The maximum atomic E-state index is 12.5. The van der Waals surface area contributed by atoms with Crippen LogP contribution in [-0.4, -0.2) is 18.5 Å². The van der Waals surface area contributed by atoms with Crippen molar-refractivity contribution in [1.82, 2.24) is 4.98 Å². The van der Waals surface area contributed by atoms with Crippen LogP contribution in [0.1, 0.15) is 12.1 Å². The second kappa shape index (κ2) is 5.19. The van der Waals surface area contributed by atoms with Crippen molar-refractivity contribution < 1.29 is 31.4 Å². The van der Waals surface area contributed by atoms with Crippen LogP contribution in [0.25, 0.3) is 0 Å². The standard InChI is InChI=1S/C8H5F5INO2/c1-16-3-2-4(17-8(11,12)13)7(14)15-5(3)6(9)10/h2,6H,1H3. The molecule has 0 atom stereocenters. The first-order valence-electron chi connectivity index (χ1n) is 4.03. The van der Waals surface area contributed by atoms with E-state index in [4.69, 9.17) is 0 Å². The fourth-order valence-electron chi connectivity index (χ4n) is 0.985. The van der Waals surface area contributed by atoms with Gasteiger partial charge in [-0.3, -0.25) is 0 Å². The van der Waals surface area contributed by atoms with E-state index >= 15 is 0 Å². The van der Waals surface area contributed by atoms with Crippen LogP contribution in [0.2, 0.25) is 0 Å². The number of alkyl halides is 5. The van der Waals surface area contributed by atoms with Crippen LogP contribution < -0.4 is 9.47 Å². The first-order chi connectivity index (χ1) is 7.74. The quantitative estimate of drug-likeness (QED) is 0.464. The van der Waals surface area contributed by atoms with E-state index in [-0.39, 0.29) is 3.70 Å². The molecule has 0 saturated heterocycles. The van der Waals surface area contributed by atoms with Crippen molar-refractivity contribution >= 4 is 22.6 Å². The van der Waals surface area contributed by atoms with Crippen LogP contribution in [0.4, 0.5) is 22.0 Å². The van der Waals surface area contributed by atoms with Gasteiger partial charge in [-0.1, -0.05) is 0 Å². The summed E-state index contributed by atoms with van der Waals surface area (Å²) >= 11 is 1.37. The Morgan fingerprint density at radius 2 is 1.88 bits per heavy atom. The normalized spacial score (nSPS) is 11.8. The molecular weight excluding hydrogens is 364 g/mol. The molecule has 0 saturated carbocycles. The van der Waals surface area contributed by atoms with Crippen molar-refractivity contribution in [2.45, 2.75) is 12.8 Å². The molecule has 1 aromatic rings. The van der Waals surface area contributed by atoms with E-state index in [2.05, 4.69) is 14.5 Å². The molecule has 0 aliphatic rings. The molecule has 0 spiro atoms. The maximum Gasteiger partial charge on any atom is 0.573 e. The molecule has 0 N–H and O–H groups in total. The van der Waals surface area contributed by atoms with Crippen molar-refractivity contribution in [3.8, 4) is 11.5 Å². The maximum absolute atomic E-state index is 12.5. The summed E-state index contributed by atoms with van der Waals surface area (Å²) in [6, 6.07) is 0.726. The highest BCUT2D eigenvalue weighted by Crippen LogP contribution is 2.35. The van der Waals surface area contributed by atoms with E-state index in [1.807, 2.05) is 0 Å². The Labute approximate surface area is 106 Å². The van der Waals surface area contributed by atoms with E-state index in [1.165, 1.54) is 22.6 Å². The van der Waals surface area contributed by atoms with Crippen molar-refractivity contribution in [2.75, 3.05) is 7.11 Å². The van der Waals surface area contributed by atoms with Gasteiger partial charge in [0.1, 0.15) is 15.1 Å². The number of ether oxygens (including phenoxy) is 2. The summed E-state index contributed by atoms with van der Waals surface area (Å²) in [7, 11) is 1.05. The number of hydrogen-bond acceptors (Lipinski definition) is 3. The minimum atomic E-state index is -4.92. The van der Waals surface area contributed by atoms with Crippen LogP contribution >= 0.6 is 22.6 Å². The summed E-state index contributed by atoms with van der Waals surface area (Å²) in [5.74, 6) is -1.14. The number of pyridine rings is 1. The third-order valence-corrected chi connectivity index (χ3v) is 2.36. The second-order valence-corrected chi connectivity index (χ2v) is 3.74. The average molecular weight is 369 g/mol. The summed E-state index contributed by atoms with van der Waals surface area (Å²) in [5, 5.41) is 0. The number of nitrogens with zero attached hydrogens (tertiary/aromatic N) is 1. The lowest BCUT2D eigenvalue weighted by atomic mass is 10.3. The van der Waals surface area contributed by atoms with Crippen LogP contribution in [0.5, 0.6) is 11.5 Å². The van der Waals surface area contributed by atoms with Gasteiger partial charge in [0, 0.05) is 6.07 Å². The molecule has 3 nitrogen and oxygen atoms in total. The zero-order chi connectivity index (χ0) is 13.2. The second-order valence-electron chi connectivity index (χ2n) is 2.71. The largest absolute Gasteiger partial charge is 0.573 e. The first kappa shape index (κ1) is 14.2. The van der Waals surface area contributed by atoms with Gasteiger partial charge in [-0.2, -0.15) is 0 Å². The number of halogens is 6. The number of methoxy groups -OCH3 is 1. The van der Waals surface area contributed by atoms with E-state index in [0.717, 1.165) is 13.2 Å². The minimum Gasteiger partial charge on any atom is -0.494 e. The molecule has 1 rings (SSSR count). The lowest BCUT2D eigenvalue weighted by Gasteiger charge is -2.13. The topological polar surface area (TPSA) is 31.4 Å². The zero-order valence-electron chi connectivity index (χ0n) is 8.19. The molecular formula is C8H5F5INO2. The molecule has 0 amide bonds. The number of aromatic nitrogens is 1. The van der Waals surface area contributed by atoms with Gasteiger partial charge in [-0.25, -0.2) is 13.8 Å². The minimum absolute atomic E-state index is 0.323. The molecule has 0 bridgehead atoms. The zero-order valence-corrected chi connectivity index (χ0v) is 10.3. The lowest BCUT2D eigenvalue weighted by molar-refractivity contribution is -0.275. The fraction of sp³-hybridized carbons (Fsp3) is 0.375. The van der Waals surface area contributed by atoms with E-state index in [1.54, 1.807) is 0 Å². The molecule has 96 valence electrons. The Kier molecular flexibility index (Phi) is 4.33. The van der Waals surface area contributed by atoms with Crippen molar-refractivity contribution in [2.24, 2.45) is 0 Å². The molecule has 0 aliphatic carbocycles. The van der Waals surface area contributed by atoms with Crippen LogP contribution in [0.3, 0.4) is 0 Å². The molecule has 17 heavy (non-hydrogen) atoms. The highest BCUT2D eigenvalue weighted by Gasteiger charge is 2.33. The van der Waals surface area contributed by atoms with Crippen LogP contribution in [-0.2, 0) is 0 Å².